The topological polar surface area (TPSA) is 67.2 Å². The molecule has 1 aliphatic rings. The number of hydrogen-bond acceptors (Lipinski definition) is 5. The maximum Gasteiger partial charge on any atom is 0.254 e. The van der Waals surface area contributed by atoms with E-state index in [0.29, 0.717) is 42.4 Å². The van der Waals surface area contributed by atoms with Gasteiger partial charge >= 0.3 is 0 Å². The Bertz CT molecular complexity index is 1430. The minimum atomic E-state index is -0.297. The van der Waals surface area contributed by atoms with Crippen molar-refractivity contribution in [3.63, 3.8) is 0 Å². The summed E-state index contributed by atoms with van der Waals surface area (Å²) in [5, 5.41) is 6.20. The number of hydrogen-bond donors (Lipinski definition) is 0. The molecule has 9 heteroatoms. The first kappa shape index (κ1) is 25.1. The van der Waals surface area contributed by atoms with Crippen molar-refractivity contribution >= 4 is 34.4 Å². The van der Waals surface area contributed by atoms with Crippen LogP contribution < -0.4 is 4.90 Å². The van der Waals surface area contributed by atoms with Crippen LogP contribution in [-0.4, -0.2) is 56.7 Å². The minimum Gasteiger partial charge on any atom is -0.352 e. The summed E-state index contributed by atoms with van der Waals surface area (Å²) in [4.78, 5) is 27.1. The molecule has 1 aliphatic heterocycles. The molecule has 37 heavy (non-hydrogen) atoms. The Hall–Kier alpha value is -3.52. The molecule has 2 aromatic heterocycles. The van der Waals surface area contributed by atoms with E-state index in [1.54, 1.807) is 41.1 Å². The van der Waals surface area contributed by atoms with E-state index < -0.39 is 0 Å². The normalized spacial score (nSPS) is 14.8. The van der Waals surface area contributed by atoms with Crippen LogP contribution >= 0.6 is 11.6 Å². The van der Waals surface area contributed by atoms with Crippen molar-refractivity contribution in [3.8, 4) is 5.69 Å². The fourth-order valence-corrected chi connectivity index (χ4v) is 5.07. The highest BCUT2D eigenvalue weighted by atomic mass is 35.5. The largest absolute Gasteiger partial charge is 0.352 e. The Morgan fingerprint density at radius 1 is 1.08 bits per heavy atom. The smallest absolute Gasteiger partial charge is 0.254 e. The van der Waals surface area contributed by atoms with Crippen LogP contribution in [0.5, 0.6) is 0 Å². The van der Waals surface area contributed by atoms with Gasteiger partial charge in [0.25, 0.3) is 5.91 Å². The van der Waals surface area contributed by atoms with Crippen LogP contribution in [0, 0.1) is 12.7 Å². The summed E-state index contributed by atoms with van der Waals surface area (Å²) < 4.78 is 15.4. The number of carbonyl (C=O) groups excluding carboxylic acids is 1. The van der Waals surface area contributed by atoms with Crippen molar-refractivity contribution in [2.24, 2.45) is 0 Å². The van der Waals surface area contributed by atoms with Crippen LogP contribution in [0.4, 0.5) is 10.2 Å². The zero-order chi connectivity index (χ0) is 26.1. The van der Waals surface area contributed by atoms with E-state index in [1.807, 2.05) is 11.8 Å². The summed E-state index contributed by atoms with van der Waals surface area (Å²) in [6, 6.07) is 13.3. The number of aromatic nitrogens is 4. The second kappa shape index (κ2) is 10.5. The van der Waals surface area contributed by atoms with Gasteiger partial charge in [-0.15, -0.1) is 0 Å². The molecule has 0 aliphatic carbocycles. The molecule has 1 saturated heterocycles. The first-order valence-electron chi connectivity index (χ1n) is 12.7. The Balaban J connectivity index is 1.50. The van der Waals surface area contributed by atoms with Crippen molar-refractivity contribution in [1.82, 2.24) is 24.6 Å². The van der Waals surface area contributed by atoms with Gasteiger partial charge in [0.05, 0.1) is 16.8 Å². The number of aryl methyl sites for hydroxylation is 1. The van der Waals surface area contributed by atoms with E-state index in [-0.39, 0.29) is 17.6 Å². The molecule has 1 amide bonds. The van der Waals surface area contributed by atoms with E-state index in [9.17, 15) is 9.18 Å². The lowest BCUT2D eigenvalue weighted by Gasteiger charge is -2.36. The van der Waals surface area contributed by atoms with Gasteiger partial charge in [-0.25, -0.2) is 19.0 Å². The number of nitrogens with zero attached hydrogens (tertiary/aromatic N) is 6. The highest BCUT2D eigenvalue weighted by Gasteiger charge is 2.27. The monoisotopic (exact) mass is 520 g/mol. The second-order valence-corrected chi connectivity index (χ2v) is 9.99. The van der Waals surface area contributed by atoms with Gasteiger partial charge < -0.3 is 9.80 Å². The van der Waals surface area contributed by atoms with Crippen LogP contribution in [0.25, 0.3) is 16.7 Å². The number of anilines is 1. The number of carbonyl (C=O) groups is 1. The number of halogens is 2. The molecule has 1 atom stereocenters. The Labute approximate surface area is 220 Å². The molecule has 0 spiro atoms. The highest BCUT2D eigenvalue weighted by Crippen LogP contribution is 2.32. The van der Waals surface area contributed by atoms with Crippen molar-refractivity contribution in [2.75, 3.05) is 31.1 Å². The van der Waals surface area contributed by atoms with Gasteiger partial charge in [-0.05, 0) is 55.8 Å². The van der Waals surface area contributed by atoms with Crippen LogP contribution in [0.3, 0.4) is 0 Å². The summed E-state index contributed by atoms with van der Waals surface area (Å²) in [6.07, 6.45) is 2.00. The van der Waals surface area contributed by atoms with Gasteiger partial charge in [-0.3, -0.25) is 4.79 Å². The van der Waals surface area contributed by atoms with E-state index in [2.05, 4.69) is 18.7 Å². The number of fused-ring (bicyclic) bond motifs is 1. The molecular formula is C28H30ClFN6O. The van der Waals surface area contributed by atoms with Gasteiger partial charge in [0, 0.05) is 42.7 Å². The first-order chi connectivity index (χ1) is 17.9. The molecule has 4 aromatic rings. The molecule has 0 radical (unpaired) electrons. The molecule has 0 bridgehead atoms. The zero-order valence-electron chi connectivity index (χ0n) is 21.3. The molecule has 7 nitrogen and oxygen atoms in total. The van der Waals surface area contributed by atoms with Crippen molar-refractivity contribution < 1.29 is 9.18 Å². The van der Waals surface area contributed by atoms with E-state index >= 15 is 0 Å². The Kier molecular flexibility index (Phi) is 7.11. The van der Waals surface area contributed by atoms with Crippen LogP contribution in [0.2, 0.25) is 5.02 Å². The third-order valence-electron chi connectivity index (χ3n) is 6.87. The van der Waals surface area contributed by atoms with Gasteiger partial charge in [0.1, 0.15) is 17.5 Å². The van der Waals surface area contributed by atoms with Crippen LogP contribution in [0.1, 0.15) is 54.5 Å². The molecule has 2 aromatic carbocycles. The summed E-state index contributed by atoms with van der Waals surface area (Å²) in [6.45, 7) is 8.66. The number of benzene rings is 2. The lowest BCUT2D eigenvalue weighted by molar-refractivity contribution is 0.0746. The van der Waals surface area contributed by atoms with Gasteiger partial charge in [0.15, 0.2) is 5.65 Å². The number of piperazine rings is 1. The van der Waals surface area contributed by atoms with Gasteiger partial charge in [-0.2, -0.15) is 5.10 Å². The average molecular weight is 521 g/mol. The zero-order valence-corrected chi connectivity index (χ0v) is 22.0. The molecule has 0 unspecified atom stereocenters. The maximum absolute atomic E-state index is 13.6. The van der Waals surface area contributed by atoms with Crippen molar-refractivity contribution in [1.29, 1.82) is 0 Å². The maximum atomic E-state index is 13.6. The molecule has 0 N–H and O–H groups in total. The summed E-state index contributed by atoms with van der Waals surface area (Å²) in [5.74, 6) is 1.46. The molecule has 1 fully saturated rings. The number of rotatable bonds is 6. The summed E-state index contributed by atoms with van der Waals surface area (Å²) in [7, 11) is 0. The predicted octanol–water partition coefficient (Wildman–Crippen LogP) is 5.78. The minimum absolute atomic E-state index is 0.0208. The molecular weight excluding hydrogens is 491 g/mol. The summed E-state index contributed by atoms with van der Waals surface area (Å²) >= 11 is 6.10. The van der Waals surface area contributed by atoms with E-state index in [1.165, 1.54) is 12.1 Å². The molecule has 3 heterocycles. The lowest BCUT2D eigenvalue weighted by Crippen LogP contribution is -2.49. The van der Waals surface area contributed by atoms with Gasteiger partial charge in [-0.1, -0.05) is 37.9 Å². The van der Waals surface area contributed by atoms with Gasteiger partial charge in [0.2, 0.25) is 0 Å². The third kappa shape index (κ3) is 5.03. The SMILES string of the molecule is CCC[C@@H](C)c1nc(N2CCN(C(=O)c3cccc(Cl)c3)CC2)c2c(C)nn(-c3ccc(F)cc3)c2n1. The highest BCUT2D eigenvalue weighted by molar-refractivity contribution is 6.30. The van der Waals surface area contributed by atoms with Crippen LogP contribution in [-0.2, 0) is 0 Å². The number of amides is 1. The van der Waals surface area contributed by atoms with E-state index in [4.69, 9.17) is 26.7 Å². The molecule has 0 saturated carbocycles. The third-order valence-corrected chi connectivity index (χ3v) is 7.11. The fourth-order valence-electron chi connectivity index (χ4n) is 4.88. The van der Waals surface area contributed by atoms with Crippen molar-refractivity contribution in [2.45, 2.75) is 39.5 Å². The Morgan fingerprint density at radius 2 is 1.81 bits per heavy atom. The second-order valence-electron chi connectivity index (χ2n) is 9.56. The van der Waals surface area contributed by atoms with E-state index in [0.717, 1.165) is 41.3 Å². The first-order valence-corrected chi connectivity index (χ1v) is 13.1. The Morgan fingerprint density at radius 3 is 2.49 bits per heavy atom. The lowest BCUT2D eigenvalue weighted by atomic mass is 10.1. The predicted molar refractivity (Wildman–Crippen MR) is 144 cm³/mol. The summed E-state index contributed by atoms with van der Waals surface area (Å²) in [5.41, 5.74) is 2.86. The molecule has 192 valence electrons. The fraction of sp³-hybridized carbons (Fsp3) is 0.357. The average Bonchev–Trinajstić information content (AvgIpc) is 3.24. The standard InChI is InChI=1S/C28H30ClFN6O/c1-4-6-18(2)25-31-26(24-19(3)33-36(27(24)32-25)23-11-9-22(30)10-12-23)34-13-15-35(16-14-34)28(37)20-7-5-8-21(29)17-20/h5,7-12,17-18H,4,6,13-16H2,1-3H3/t18-/m1/s1. The van der Waals surface area contributed by atoms with Crippen molar-refractivity contribution in [3.05, 3.63) is 76.5 Å². The quantitative estimate of drug-likeness (QED) is 0.322. The molecule has 5 rings (SSSR count). The van der Waals surface area contributed by atoms with Crippen LogP contribution in [0.15, 0.2) is 48.5 Å².